The average Bonchev–Trinajstić information content (AvgIpc) is 2.51. The maximum absolute atomic E-state index is 12.2. The summed E-state index contributed by atoms with van der Waals surface area (Å²) in [6, 6.07) is 8.99. The molecule has 0 aromatic heterocycles. The summed E-state index contributed by atoms with van der Waals surface area (Å²) in [5.41, 5.74) is 0.764. The van der Waals surface area contributed by atoms with Gasteiger partial charge in [0.05, 0.1) is 19.7 Å². The SMILES string of the molecule is COC(=O)[C@H](c1ccccc1Cl)N1CCN(CC#N)CC1. The van der Waals surface area contributed by atoms with E-state index >= 15 is 0 Å². The molecule has 5 nitrogen and oxygen atoms in total. The first-order valence-corrected chi connectivity index (χ1v) is 7.20. The van der Waals surface area contributed by atoms with Gasteiger partial charge in [-0.1, -0.05) is 29.8 Å². The minimum Gasteiger partial charge on any atom is -0.468 e. The molecule has 21 heavy (non-hydrogen) atoms. The largest absolute Gasteiger partial charge is 0.468 e. The van der Waals surface area contributed by atoms with Gasteiger partial charge < -0.3 is 4.74 Å². The van der Waals surface area contributed by atoms with Crippen molar-refractivity contribution in [2.24, 2.45) is 0 Å². The molecule has 1 atom stereocenters. The molecule has 0 bridgehead atoms. The maximum Gasteiger partial charge on any atom is 0.327 e. The lowest BCUT2D eigenvalue weighted by Gasteiger charge is -2.37. The second kappa shape index (κ2) is 7.41. The van der Waals surface area contributed by atoms with E-state index in [0.29, 0.717) is 24.7 Å². The topological polar surface area (TPSA) is 56.6 Å². The van der Waals surface area contributed by atoms with Gasteiger partial charge in [0.25, 0.3) is 0 Å². The number of esters is 1. The third kappa shape index (κ3) is 3.73. The van der Waals surface area contributed by atoms with Gasteiger partial charge in [-0.25, -0.2) is 4.79 Å². The minimum absolute atomic E-state index is 0.308. The molecule has 1 aromatic rings. The van der Waals surface area contributed by atoms with Crippen molar-refractivity contribution in [3.8, 4) is 6.07 Å². The number of methoxy groups -OCH3 is 1. The average molecular weight is 308 g/mol. The molecule has 0 spiro atoms. The van der Waals surface area contributed by atoms with Gasteiger partial charge in [0.2, 0.25) is 0 Å². The third-order valence-electron chi connectivity index (χ3n) is 3.69. The highest BCUT2D eigenvalue weighted by molar-refractivity contribution is 6.31. The summed E-state index contributed by atoms with van der Waals surface area (Å²) in [7, 11) is 1.39. The fourth-order valence-corrected chi connectivity index (χ4v) is 2.80. The molecule has 0 radical (unpaired) electrons. The van der Waals surface area contributed by atoms with Gasteiger partial charge in [-0.2, -0.15) is 5.26 Å². The first kappa shape index (κ1) is 15.8. The van der Waals surface area contributed by atoms with Crippen LogP contribution in [0.15, 0.2) is 24.3 Å². The highest BCUT2D eigenvalue weighted by atomic mass is 35.5. The molecule has 6 heteroatoms. The van der Waals surface area contributed by atoms with Crippen LogP contribution in [-0.4, -0.2) is 55.6 Å². The molecule has 1 aliphatic heterocycles. The Kier molecular flexibility index (Phi) is 5.57. The Morgan fingerprint density at radius 1 is 1.38 bits per heavy atom. The van der Waals surface area contributed by atoms with Crippen molar-refractivity contribution < 1.29 is 9.53 Å². The number of benzene rings is 1. The Morgan fingerprint density at radius 3 is 2.62 bits per heavy atom. The number of hydrogen-bond acceptors (Lipinski definition) is 5. The molecule has 1 fully saturated rings. The van der Waals surface area contributed by atoms with Crippen LogP contribution in [-0.2, 0) is 9.53 Å². The molecular formula is C15H18ClN3O2. The van der Waals surface area contributed by atoms with Crippen LogP contribution in [0.2, 0.25) is 5.02 Å². The lowest BCUT2D eigenvalue weighted by molar-refractivity contribution is -0.148. The third-order valence-corrected chi connectivity index (χ3v) is 4.03. The van der Waals surface area contributed by atoms with Gasteiger partial charge in [-0.05, 0) is 11.6 Å². The predicted octanol–water partition coefficient (Wildman–Crippen LogP) is 1.70. The van der Waals surface area contributed by atoms with Crippen LogP contribution in [0.4, 0.5) is 0 Å². The number of nitrogens with zero attached hydrogens (tertiary/aromatic N) is 3. The van der Waals surface area contributed by atoms with E-state index in [9.17, 15) is 4.79 Å². The van der Waals surface area contributed by atoms with Gasteiger partial charge >= 0.3 is 5.97 Å². The number of carbonyl (C=O) groups is 1. The quantitative estimate of drug-likeness (QED) is 0.626. The number of piperazine rings is 1. The Hall–Kier alpha value is -1.61. The van der Waals surface area contributed by atoms with Crippen molar-refractivity contribution in [2.45, 2.75) is 6.04 Å². The maximum atomic E-state index is 12.2. The monoisotopic (exact) mass is 307 g/mol. The second-order valence-electron chi connectivity index (χ2n) is 4.92. The smallest absolute Gasteiger partial charge is 0.327 e. The van der Waals surface area contributed by atoms with E-state index in [1.807, 2.05) is 18.2 Å². The van der Waals surface area contributed by atoms with Crippen LogP contribution in [0.25, 0.3) is 0 Å². The highest BCUT2D eigenvalue weighted by Gasteiger charge is 2.32. The number of hydrogen-bond donors (Lipinski definition) is 0. The zero-order valence-electron chi connectivity index (χ0n) is 12.0. The molecule has 0 N–H and O–H groups in total. The van der Waals surface area contributed by atoms with Crippen LogP contribution in [0.1, 0.15) is 11.6 Å². The Balaban J connectivity index is 2.17. The Bertz CT molecular complexity index is 536. The van der Waals surface area contributed by atoms with Crippen LogP contribution in [0.3, 0.4) is 0 Å². The van der Waals surface area contributed by atoms with E-state index in [1.165, 1.54) is 7.11 Å². The summed E-state index contributed by atoms with van der Waals surface area (Å²) in [4.78, 5) is 16.3. The van der Waals surface area contributed by atoms with Gasteiger partial charge in [0, 0.05) is 31.2 Å². The number of ether oxygens (including phenoxy) is 1. The van der Waals surface area contributed by atoms with E-state index in [-0.39, 0.29) is 5.97 Å². The van der Waals surface area contributed by atoms with E-state index in [0.717, 1.165) is 18.7 Å². The first-order chi connectivity index (χ1) is 10.2. The van der Waals surface area contributed by atoms with Crippen LogP contribution < -0.4 is 0 Å². The minimum atomic E-state index is -0.493. The van der Waals surface area contributed by atoms with Crippen LogP contribution >= 0.6 is 11.6 Å². The second-order valence-corrected chi connectivity index (χ2v) is 5.32. The van der Waals surface area contributed by atoms with Gasteiger partial charge in [0.1, 0.15) is 6.04 Å². The zero-order chi connectivity index (χ0) is 15.2. The summed E-state index contributed by atoms with van der Waals surface area (Å²) in [6.45, 7) is 3.33. The predicted molar refractivity (Wildman–Crippen MR) is 79.8 cm³/mol. The Labute approximate surface area is 129 Å². The first-order valence-electron chi connectivity index (χ1n) is 6.83. The lowest BCUT2D eigenvalue weighted by Crippen LogP contribution is -2.49. The summed E-state index contributed by atoms with van der Waals surface area (Å²) in [5.74, 6) is -0.308. The zero-order valence-corrected chi connectivity index (χ0v) is 12.7. The molecule has 1 aromatic carbocycles. The fraction of sp³-hybridized carbons (Fsp3) is 0.467. The molecule has 1 saturated heterocycles. The van der Waals surface area contributed by atoms with Crippen molar-refractivity contribution in [3.05, 3.63) is 34.9 Å². The van der Waals surface area contributed by atoms with Crippen molar-refractivity contribution in [1.29, 1.82) is 5.26 Å². The van der Waals surface area contributed by atoms with E-state index in [2.05, 4.69) is 15.9 Å². The molecule has 112 valence electrons. The van der Waals surface area contributed by atoms with E-state index in [4.69, 9.17) is 21.6 Å². The number of rotatable bonds is 4. The summed E-state index contributed by atoms with van der Waals surface area (Å²) in [6.07, 6.45) is 0. The normalized spacial score (nSPS) is 18.0. The number of carbonyl (C=O) groups excluding carboxylic acids is 1. The summed E-state index contributed by atoms with van der Waals surface area (Å²) < 4.78 is 4.94. The Morgan fingerprint density at radius 2 is 2.05 bits per heavy atom. The van der Waals surface area contributed by atoms with Crippen molar-refractivity contribution in [2.75, 3.05) is 39.8 Å². The fourth-order valence-electron chi connectivity index (χ4n) is 2.56. The highest BCUT2D eigenvalue weighted by Crippen LogP contribution is 2.29. The van der Waals surface area contributed by atoms with Crippen LogP contribution in [0.5, 0.6) is 0 Å². The molecule has 0 aliphatic carbocycles. The van der Waals surface area contributed by atoms with Crippen molar-refractivity contribution >= 4 is 17.6 Å². The standard InChI is InChI=1S/C15H18ClN3O2/c1-21-15(20)14(12-4-2-3-5-13(12)16)19-10-8-18(7-6-17)9-11-19/h2-5,14H,7-11H2,1H3/t14-/m0/s1. The lowest BCUT2D eigenvalue weighted by atomic mass is 10.0. The van der Waals surface area contributed by atoms with Gasteiger partial charge in [-0.3, -0.25) is 9.80 Å². The molecule has 1 heterocycles. The molecular weight excluding hydrogens is 290 g/mol. The number of halogens is 1. The number of nitriles is 1. The van der Waals surface area contributed by atoms with Crippen LogP contribution in [0, 0.1) is 11.3 Å². The molecule has 0 unspecified atom stereocenters. The summed E-state index contributed by atoms with van der Waals surface area (Å²) in [5, 5.41) is 9.30. The molecule has 0 saturated carbocycles. The molecule has 0 amide bonds. The van der Waals surface area contributed by atoms with Crippen molar-refractivity contribution in [1.82, 2.24) is 9.80 Å². The van der Waals surface area contributed by atoms with E-state index < -0.39 is 6.04 Å². The van der Waals surface area contributed by atoms with E-state index in [1.54, 1.807) is 6.07 Å². The summed E-state index contributed by atoms with van der Waals surface area (Å²) >= 11 is 6.23. The molecule has 2 rings (SSSR count). The van der Waals surface area contributed by atoms with Crippen molar-refractivity contribution in [3.63, 3.8) is 0 Å². The molecule has 1 aliphatic rings. The van der Waals surface area contributed by atoms with Gasteiger partial charge in [-0.15, -0.1) is 0 Å². The van der Waals surface area contributed by atoms with Gasteiger partial charge in [0.15, 0.2) is 0 Å².